The van der Waals surface area contributed by atoms with E-state index < -0.39 is 10.0 Å². The van der Waals surface area contributed by atoms with E-state index in [1.165, 1.54) is 0 Å². The van der Waals surface area contributed by atoms with E-state index in [-0.39, 0.29) is 0 Å². The van der Waals surface area contributed by atoms with Crippen LogP contribution in [0, 0.1) is 6.92 Å². The number of hydrogen-bond acceptors (Lipinski definition) is 3. The molecule has 0 radical (unpaired) electrons. The van der Waals surface area contributed by atoms with Crippen LogP contribution in [-0.2, 0) is 16.6 Å². The third kappa shape index (κ3) is 4.99. The van der Waals surface area contributed by atoms with Crippen molar-refractivity contribution in [1.29, 1.82) is 0 Å². The van der Waals surface area contributed by atoms with E-state index in [4.69, 9.17) is 0 Å². The number of unbranched alkanes of at least 4 members (excludes halogenated alkanes) is 2. The van der Waals surface area contributed by atoms with Crippen molar-refractivity contribution in [2.45, 2.75) is 37.6 Å². The third-order valence-electron chi connectivity index (χ3n) is 3.28. The Labute approximate surface area is 126 Å². The summed E-state index contributed by atoms with van der Waals surface area (Å²) in [6.45, 7) is 3.33. The van der Waals surface area contributed by atoms with Gasteiger partial charge < -0.3 is 4.57 Å². The average Bonchev–Trinajstić information content (AvgIpc) is 2.96. The molecule has 1 aromatic carbocycles. The van der Waals surface area contributed by atoms with E-state index in [2.05, 4.69) is 9.71 Å². The SMILES string of the molecule is Cc1ccc(S(=O)(=O)NCCCCCn2ccnc2)cc1. The summed E-state index contributed by atoms with van der Waals surface area (Å²) in [6, 6.07) is 6.88. The van der Waals surface area contributed by atoms with Gasteiger partial charge in [-0.25, -0.2) is 18.1 Å². The highest BCUT2D eigenvalue weighted by atomic mass is 32.2. The van der Waals surface area contributed by atoms with Gasteiger partial charge in [0.15, 0.2) is 0 Å². The Morgan fingerprint density at radius 1 is 1.14 bits per heavy atom. The lowest BCUT2D eigenvalue weighted by molar-refractivity contribution is 0.561. The molecular formula is C15H21N3O2S. The Morgan fingerprint density at radius 3 is 2.57 bits per heavy atom. The van der Waals surface area contributed by atoms with Gasteiger partial charge in [-0.3, -0.25) is 0 Å². The predicted molar refractivity (Wildman–Crippen MR) is 82.4 cm³/mol. The largest absolute Gasteiger partial charge is 0.337 e. The molecule has 0 aliphatic heterocycles. The van der Waals surface area contributed by atoms with Gasteiger partial charge in [0.1, 0.15) is 0 Å². The molecule has 2 aromatic rings. The maximum atomic E-state index is 12.0. The number of benzene rings is 1. The molecule has 0 spiro atoms. The fraction of sp³-hybridized carbons (Fsp3) is 0.400. The van der Waals surface area contributed by atoms with Gasteiger partial charge >= 0.3 is 0 Å². The van der Waals surface area contributed by atoms with Crippen molar-refractivity contribution < 1.29 is 8.42 Å². The molecule has 1 heterocycles. The third-order valence-corrected chi connectivity index (χ3v) is 4.75. The number of imidazole rings is 1. The normalized spacial score (nSPS) is 11.7. The minimum Gasteiger partial charge on any atom is -0.337 e. The Kier molecular flexibility index (Phi) is 5.52. The van der Waals surface area contributed by atoms with Crippen molar-refractivity contribution in [3.05, 3.63) is 48.5 Å². The quantitative estimate of drug-likeness (QED) is 0.761. The Morgan fingerprint density at radius 2 is 1.90 bits per heavy atom. The number of rotatable bonds is 8. The first-order valence-electron chi connectivity index (χ1n) is 7.10. The van der Waals surface area contributed by atoms with Crippen molar-refractivity contribution in [3.63, 3.8) is 0 Å². The first kappa shape index (κ1) is 15.7. The first-order chi connectivity index (χ1) is 10.1. The van der Waals surface area contributed by atoms with E-state index in [1.54, 1.807) is 36.8 Å². The second-order valence-corrected chi connectivity index (χ2v) is 6.84. The topological polar surface area (TPSA) is 64.0 Å². The highest BCUT2D eigenvalue weighted by Crippen LogP contribution is 2.10. The zero-order valence-electron chi connectivity index (χ0n) is 12.2. The van der Waals surface area contributed by atoms with Gasteiger partial charge in [-0.15, -0.1) is 0 Å². The van der Waals surface area contributed by atoms with Crippen LogP contribution in [0.5, 0.6) is 0 Å². The van der Waals surface area contributed by atoms with Crippen molar-refractivity contribution in [1.82, 2.24) is 14.3 Å². The lowest BCUT2D eigenvalue weighted by atomic mass is 10.2. The summed E-state index contributed by atoms with van der Waals surface area (Å²) >= 11 is 0. The second kappa shape index (κ2) is 7.38. The maximum Gasteiger partial charge on any atom is 0.240 e. The van der Waals surface area contributed by atoms with Gasteiger partial charge in [0.25, 0.3) is 0 Å². The lowest BCUT2D eigenvalue weighted by Crippen LogP contribution is -2.24. The van der Waals surface area contributed by atoms with Crippen LogP contribution < -0.4 is 4.72 Å². The highest BCUT2D eigenvalue weighted by molar-refractivity contribution is 7.89. The summed E-state index contributed by atoms with van der Waals surface area (Å²) in [5.74, 6) is 0. The molecule has 0 fully saturated rings. The zero-order valence-corrected chi connectivity index (χ0v) is 13.0. The number of aryl methyl sites for hydroxylation is 2. The summed E-state index contributed by atoms with van der Waals surface area (Å²) < 4.78 is 28.7. The van der Waals surface area contributed by atoms with Crippen LogP contribution in [0.15, 0.2) is 47.9 Å². The molecule has 0 unspecified atom stereocenters. The molecule has 0 saturated heterocycles. The molecule has 0 bridgehead atoms. The molecule has 0 saturated carbocycles. The van der Waals surface area contributed by atoms with Crippen LogP contribution in [0.3, 0.4) is 0 Å². The van der Waals surface area contributed by atoms with Crippen LogP contribution in [0.4, 0.5) is 0 Å². The van der Waals surface area contributed by atoms with Crippen molar-refractivity contribution in [2.75, 3.05) is 6.54 Å². The minimum absolute atomic E-state index is 0.325. The predicted octanol–water partition coefficient (Wildman–Crippen LogP) is 2.34. The van der Waals surface area contributed by atoms with Gasteiger partial charge in [0.2, 0.25) is 10.0 Å². The summed E-state index contributed by atoms with van der Waals surface area (Å²) in [5.41, 5.74) is 1.05. The lowest BCUT2D eigenvalue weighted by Gasteiger charge is -2.07. The van der Waals surface area contributed by atoms with E-state index in [0.29, 0.717) is 11.4 Å². The smallest absolute Gasteiger partial charge is 0.240 e. The molecule has 0 aliphatic carbocycles. The Balaban J connectivity index is 1.69. The minimum atomic E-state index is -3.37. The highest BCUT2D eigenvalue weighted by Gasteiger charge is 2.12. The molecule has 0 amide bonds. The van der Waals surface area contributed by atoms with Gasteiger partial charge in [-0.1, -0.05) is 24.1 Å². The van der Waals surface area contributed by atoms with E-state index in [1.807, 2.05) is 17.7 Å². The monoisotopic (exact) mass is 307 g/mol. The zero-order chi connectivity index (χ0) is 15.1. The molecule has 0 aliphatic rings. The summed E-state index contributed by atoms with van der Waals surface area (Å²) in [4.78, 5) is 4.31. The van der Waals surface area contributed by atoms with Gasteiger partial charge in [0, 0.05) is 25.5 Å². The number of sulfonamides is 1. The van der Waals surface area contributed by atoms with E-state index in [9.17, 15) is 8.42 Å². The number of nitrogens with one attached hydrogen (secondary N) is 1. The second-order valence-electron chi connectivity index (χ2n) is 5.07. The van der Waals surface area contributed by atoms with Crippen LogP contribution in [-0.4, -0.2) is 24.5 Å². The molecule has 1 aromatic heterocycles. The fourth-order valence-corrected chi connectivity index (χ4v) is 3.10. The van der Waals surface area contributed by atoms with Crippen molar-refractivity contribution >= 4 is 10.0 Å². The van der Waals surface area contributed by atoms with E-state index >= 15 is 0 Å². The molecule has 5 nitrogen and oxygen atoms in total. The fourth-order valence-electron chi connectivity index (χ4n) is 2.02. The van der Waals surface area contributed by atoms with Gasteiger partial charge in [-0.2, -0.15) is 0 Å². The summed E-state index contributed by atoms with van der Waals surface area (Å²) in [7, 11) is -3.37. The molecule has 114 valence electrons. The van der Waals surface area contributed by atoms with Gasteiger partial charge in [0.05, 0.1) is 11.2 Å². The molecule has 6 heteroatoms. The van der Waals surface area contributed by atoms with Crippen LogP contribution in [0.2, 0.25) is 0 Å². The van der Waals surface area contributed by atoms with Crippen molar-refractivity contribution in [2.24, 2.45) is 0 Å². The van der Waals surface area contributed by atoms with Gasteiger partial charge in [-0.05, 0) is 31.9 Å². The molecular weight excluding hydrogens is 286 g/mol. The standard InChI is InChI=1S/C15H21N3O2S/c1-14-5-7-15(8-6-14)21(19,20)17-9-3-2-4-11-18-12-10-16-13-18/h5-8,10,12-13,17H,2-4,9,11H2,1H3. The Hall–Kier alpha value is -1.66. The molecule has 1 N–H and O–H groups in total. The number of aromatic nitrogens is 2. The molecule has 2 rings (SSSR count). The summed E-state index contributed by atoms with van der Waals surface area (Å²) in [5, 5.41) is 0. The van der Waals surface area contributed by atoms with Crippen LogP contribution in [0.1, 0.15) is 24.8 Å². The molecule has 21 heavy (non-hydrogen) atoms. The average molecular weight is 307 g/mol. The number of hydrogen-bond donors (Lipinski definition) is 1. The molecule has 0 atom stereocenters. The van der Waals surface area contributed by atoms with Crippen LogP contribution in [0.25, 0.3) is 0 Å². The maximum absolute atomic E-state index is 12.0. The first-order valence-corrected chi connectivity index (χ1v) is 8.58. The summed E-state index contributed by atoms with van der Waals surface area (Å²) in [6.07, 6.45) is 8.31. The van der Waals surface area contributed by atoms with Crippen molar-refractivity contribution in [3.8, 4) is 0 Å². The van der Waals surface area contributed by atoms with E-state index in [0.717, 1.165) is 31.4 Å². The number of nitrogens with zero attached hydrogens (tertiary/aromatic N) is 2. The Bertz CT molecular complexity index is 634. The van der Waals surface area contributed by atoms with Crippen LogP contribution >= 0.6 is 0 Å².